The summed E-state index contributed by atoms with van der Waals surface area (Å²) in [6.45, 7) is 7.72. The van der Waals surface area contributed by atoms with Gasteiger partial charge in [-0.15, -0.1) is 0 Å². The molecule has 17 heteroatoms. The van der Waals surface area contributed by atoms with Crippen LogP contribution in [0, 0.1) is 56.3 Å². The lowest BCUT2D eigenvalue weighted by molar-refractivity contribution is 0.0678. The maximum atomic E-state index is 11.5. The van der Waals surface area contributed by atoms with E-state index in [-0.39, 0.29) is 42.4 Å². The van der Waals surface area contributed by atoms with Crippen LogP contribution in [0.3, 0.4) is 0 Å². The predicted molar refractivity (Wildman–Crippen MR) is 528 cm³/mol. The largest absolute Gasteiger partial charge is 0.508 e. The predicted octanol–water partition coefficient (Wildman–Crippen LogP) is 27.7. The number of amides is 1. The molecule has 704 valence electrons. The van der Waals surface area contributed by atoms with Crippen LogP contribution in [-0.2, 0) is 0 Å². The molecule has 6 fully saturated rings. The van der Waals surface area contributed by atoms with Crippen LogP contribution in [0.15, 0.2) is 249 Å². The Bertz CT molecular complexity index is 6110. The minimum absolute atomic E-state index is 0.0135. The van der Waals surface area contributed by atoms with Crippen LogP contribution in [-0.4, -0.2) is 60.6 Å². The van der Waals surface area contributed by atoms with Gasteiger partial charge in [-0.25, -0.2) is 0 Å². The number of aromatic hydroxyl groups is 4. The molecule has 6 aliphatic carbocycles. The average Bonchev–Trinajstić information content (AvgIpc) is 1.62. The second-order valence-corrected chi connectivity index (χ2v) is 39.5. The van der Waals surface area contributed by atoms with Gasteiger partial charge in [0.25, 0.3) is 0 Å². The Morgan fingerprint density at radius 2 is 0.522 bits per heavy atom. The van der Waals surface area contributed by atoms with E-state index < -0.39 is 5.91 Å². The zero-order valence-electron chi connectivity index (χ0n) is 79.3. The average molecular weight is 1830 g/mol. The van der Waals surface area contributed by atoms with Gasteiger partial charge in [-0.05, 0) is 330 Å². The van der Waals surface area contributed by atoms with E-state index in [1.165, 1.54) is 146 Å². The zero-order chi connectivity index (χ0) is 93.9. The van der Waals surface area contributed by atoms with Crippen molar-refractivity contribution in [1.82, 2.24) is 0 Å². The molecule has 136 heavy (non-hydrogen) atoms. The Morgan fingerprint density at radius 1 is 0.272 bits per heavy atom. The van der Waals surface area contributed by atoms with E-state index in [0.717, 1.165) is 117 Å². The van der Waals surface area contributed by atoms with Gasteiger partial charge in [0, 0.05) is 74.5 Å². The number of carbonyl (C=O) groups excluding carboxylic acids is 2. The SMILES string of the molecule is CC(=O)c1ccc([C@H]2Oc3ccc(C(N)=O)cc3[C@H]3CCC[C@H]32)cc1.COc1ccc([C@@H]2Oc3ccc(OC)cc3[C@H]3CCC[C@H]32)cc1.COc1ccc([C@H]2Oc3ccc(OC)cc3[C@H]3CCC[C@H]32)cc1.Cc1cc([C@@H]2Oc3ccc(O)cc3[C@H]3CCC[C@H]32)ccc1O.Cc1ccc([C@@H]2Oc3ccc(O)cc3[C@H]3CCC[C@H]32)cc1.Cc1ccc([C@H]2Oc3ccc(O)cc3[C@H]3CCCC[C@H]32)cc1. The minimum Gasteiger partial charge on any atom is -0.508 e. The lowest BCUT2D eigenvalue weighted by Crippen LogP contribution is -2.32. The van der Waals surface area contributed by atoms with Gasteiger partial charge in [0.05, 0.1) is 28.4 Å². The molecular weight excluding hydrogens is 1700 g/mol. The van der Waals surface area contributed by atoms with Crippen LogP contribution in [0.2, 0.25) is 0 Å². The molecule has 17 nitrogen and oxygen atoms in total. The van der Waals surface area contributed by atoms with Crippen molar-refractivity contribution in [2.75, 3.05) is 28.4 Å². The lowest BCUT2D eigenvalue weighted by atomic mass is 9.70. The number of hydrogen-bond acceptors (Lipinski definition) is 16. The third kappa shape index (κ3) is 19.2. The number of nitrogens with two attached hydrogens (primary N) is 1. The molecule has 1 amide bonds. The van der Waals surface area contributed by atoms with Crippen molar-refractivity contribution in [2.45, 2.75) is 222 Å². The van der Waals surface area contributed by atoms with E-state index in [9.17, 15) is 30.0 Å². The Balaban J connectivity index is 0.000000105. The highest BCUT2D eigenvalue weighted by atomic mass is 16.5. The Morgan fingerprint density at radius 3 is 0.838 bits per heavy atom. The molecule has 6 saturated carbocycles. The third-order valence-corrected chi connectivity index (χ3v) is 31.5. The van der Waals surface area contributed by atoms with Gasteiger partial charge in [-0.1, -0.05) is 159 Å². The Kier molecular flexibility index (Phi) is 27.4. The molecule has 6 heterocycles. The molecule has 0 bridgehead atoms. The molecule has 6 N–H and O–H groups in total. The van der Waals surface area contributed by atoms with Gasteiger partial charge in [0.2, 0.25) is 5.91 Å². The van der Waals surface area contributed by atoms with E-state index in [0.29, 0.717) is 105 Å². The van der Waals surface area contributed by atoms with Gasteiger partial charge in [0.1, 0.15) is 117 Å². The molecule has 24 rings (SSSR count). The van der Waals surface area contributed by atoms with Crippen molar-refractivity contribution in [1.29, 1.82) is 0 Å². The van der Waals surface area contributed by atoms with Crippen molar-refractivity contribution in [3.8, 4) is 80.5 Å². The maximum absolute atomic E-state index is 11.5. The fourth-order valence-corrected chi connectivity index (χ4v) is 24.7. The quantitative estimate of drug-likeness (QED) is 0.0716. The van der Waals surface area contributed by atoms with Crippen LogP contribution in [0.5, 0.6) is 80.5 Å². The number of ketones is 1. The smallest absolute Gasteiger partial charge is 0.248 e. The number of benzene rings is 12. The highest BCUT2D eigenvalue weighted by molar-refractivity contribution is 5.94. The molecule has 0 aromatic heterocycles. The van der Waals surface area contributed by atoms with Crippen molar-refractivity contribution >= 4 is 11.7 Å². The van der Waals surface area contributed by atoms with Crippen molar-refractivity contribution in [2.24, 2.45) is 41.2 Å². The topological polar surface area (TPSA) is 233 Å². The van der Waals surface area contributed by atoms with E-state index in [2.05, 4.69) is 111 Å². The summed E-state index contributed by atoms with van der Waals surface area (Å²) in [5.74, 6) is 16.2. The first-order chi connectivity index (χ1) is 66.2. The Labute approximate surface area is 799 Å². The second-order valence-electron chi connectivity index (χ2n) is 39.5. The van der Waals surface area contributed by atoms with Crippen LogP contribution in [0.4, 0.5) is 0 Å². The van der Waals surface area contributed by atoms with Gasteiger partial charge in [-0.2, -0.15) is 0 Å². The summed E-state index contributed by atoms with van der Waals surface area (Å²) in [5.41, 5.74) is 24.7. The van der Waals surface area contributed by atoms with E-state index >= 15 is 0 Å². The summed E-state index contributed by atoms with van der Waals surface area (Å²) in [6, 6.07) is 82.0. The van der Waals surface area contributed by atoms with Crippen molar-refractivity contribution in [3.05, 3.63) is 343 Å². The number of primary amides is 1. The Hall–Kier alpha value is -13.0. The number of phenols is 4. The van der Waals surface area contributed by atoms with Gasteiger partial charge >= 0.3 is 0 Å². The molecular formula is C119H127NO16. The lowest BCUT2D eigenvalue weighted by Gasteiger charge is -2.42. The summed E-state index contributed by atoms with van der Waals surface area (Å²) in [5, 5.41) is 39.1. The van der Waals surface area contributed by atoms with Crippen molar-refractivity contribution < 1.29 is 77.4 Å². The fourth-order valence-electron chi connectivity index (χ4n) is 24.7. The number of fused-ring (bicyclic) bond motifs is 18. The zero-order valence-corrected chi connectivity index (χ0v) is 79.3. The minimum atomic E-state index is -0.403. The molecule has 12 aromatic rings. The molecule has 18 atom stereocenters. The second kappa shape index (κ2) is 40.5. The fraction of sp³-hybridized carbons (Fsp3) is 0.378. The maximum Gasteiger partial charge on any atom is 0.248 e. The van der Waals surface area contributed by atoms with E-state index in [4.69, 9.17) is 53.1 Å². The molecule has 0 radical (unpaired) electrons. The molecule has 6 aliphatic heterocycles. The molecule has 0 spiro atoms. The first-order valence-electron chi connectivity index (χ1n) is 49.3. The van der Waals surface area contributed by atoms with Crippen molar-refractivity contribution in [3.63, 3.8) is 0 Å². The van der Waals surface area contributed by atoms with Gasteiger partial charge < -0.3 is 73.5 Å². The van der Waals surface area contributed by atoms with Crippen LogP contribution in [0.25, 0.3) is 0 Å². The number of rotatable bonds is 12. The first kappa shape index (κ1) is 92.1. The summed E-state index contributed by atoms with van der Waals surface area (Å²) in [4.78, 5) is 23.0. The van der Waals surface area contributed by atoms with Crippen LogP contribution >= 0.6 is 0 Å². The summed E-state index contributed by atoms with van der Waals surface area (Å²) >= 11 is 0. The molecule has 0 unspecified atom stereocenters. The summed E-state index contributed by atoms with van der Waals surface area (Å²) < 4.78 is 59.5. The third-order valence-electron chi connectivity index (χ3n) is 31.5. The van der Waals surface area contributed by atoms with E-state index in [1.807, 2.05) is 128 Å². The normalized spacial score (nSPS) is 25.6. The number of ether oxygens (including phenoxy) is 10. The standard InChI is InChI=1S/C21H21NO3.2C20H22O3.C20H22O2.C19H20O3.C19H20O2/c1-12(23)13-5-7-14(8-6-13)20-17-4-2-3-16(17)18-11-15(21(22)24)9-10-19(18)25-20;2*1-21-14-8-6-13(7-9-14)20-17-5-3-4-16(17)18-12-15(22-2)10-11-19(18)23-20;1-13-6-8-14(9-7-13)20-17-5-3-2-4-16(17)18-12-15(21)10-11-19(18)22-20;1-11-9-12(5-7-17(11)21)19-15-4-2-3-14(15)16-10-13(20)6-8-18(16)22-19;1-12-5-7-13(8-6-12)19-16-4-2-3-15(16)17-11-14(20)9-10-18(17)21-19/h5-11,16-17,20H,2-4H2,1H3,(H2,22,24);2*6-12,16-17,20H,3-5H2,1-2H3;6-12,16-17,20-21H,2-5H2,1H3;5-10,14-15,19-21H,2-4H2,1H3;5-11,15-16,19-20H,2-4H2,1H3/t2*16-,17+,20+;16-,17+,20-;16-,17+,20+;14-,15+,19-;15-,16+,19-/m000000/s1. The number of phenolic OH excluding ortho intramolecular Hbond substituents is 4. The van der Waals surface area contributed by atoms with Gasteiger partial charge in [0.15, 0.2) is 5.78 Å². The van der Waals surface area contributed by atoms with Crippen LogP contribution in [0.1, 0.15) is 305 Å². The number of aryl methyl sites for hydroxylation is 3. The highest BCUT2D eigenvalue weighted by Gasteiger charge is 2.49. The number of carbonyl (C=O) groups is 2. The highest BCUT2D eigenvalue weighted by Crippen LogP contribution is 2.61. The molecule has 0 saturated heterocycles. The number of hydrogen-bond donors (Lipinski definition) is 5. The summed E-state index contributed by atoms with van der Waals surface area (Å²) in [6.07, 6.45) is 23.5. The van der Waals surface area contributed by atoms with E-state index in [1.54, 1.807) is 65.7 Å². The monoisotopic (exact) mass is 1830 g/mol. The van der Waals surface area contributed by atoms with Crippen LogP contribution < -0.4 is 53.1 Å². The molecule has 12 aliphatic rings. The number of Topliss-reactive ketones (excluding diaryl/α,β-unsaturated/α-hetero) is 1. The molecule has 12 aromatic carbocycles. The van der Waals surface area contributed by atoms with Gasteiger partial charge in [-0.3, -0.25) is 9.59 Å². The summed E-state index contributed by atoms with van der Waals surface area (Å²) in [7, 11) is 6.83. The first-order valence-corrected chi connectivity index (χ1v) is 49.3. The number of methoxy groups -OCH3 is 4.